The molecule has 0 spiro atoms. The Morgan fingerprint density at radius 2 is 2.05 bits per heavy atom. The average Bonchev–Trinajstić information content (AvgIpc) is 2.53. The lowest BCUT2D eigenvalue weighted by atomic mass is 9.96. The largest absolute Gasteiger partial charge is 0.466 e. The van der Waals surface area contributed by atoms with Crippen LogP contribution in [0.25, 0.3) is 0 Å². The first-order valence-corrected chi connectivity index (χ1v) is 8.28. The molecule has 0 saturated carbocycles. The van der Waals surface area contributed by atoms with Crippen LogP contribution in [-0.4, -0.2) is 38.1 Å². The van der Waals surface area contributed by atoms with Crippen molar-refractivity contribution >= 4 is 9.84 Å². The van der Waals surface area contributed by atoms with Gasteiger partial charge in [-0.15, -0.1) is 0 Å². The molecule has 0 fully saturated rings. The van der Waals surface area contributed by atoms with Crippen LogP contribution >= 0.6 is 0 Å². The number of sulfone groups is 1. The summed E-state index contributed by atoms with van der Waals surface area (Å²) in [6.45, 7) is 7.36. The molecule has 0 radical (unpaired) electrons. The third-order valence-corrected chi connectivity index (χ3v) is 4.07. The van der Waals surface area contributed by atoms with Gasteiger partial charge in [-0.1, -0.05) is 0 Å². The summed E-state index contributed by atoms with van der Waals surface area (Å²) < 4.78 is 27.8. The Morgan fingerprint density at radius 1 is 1.47 bits per heavy atom. The Kier molecular flexibility index (Phi) is 4.81. The van der Waals surface area contributed by atoms with Crippen molar-refractivity contribution in [3.05, 3.63) is 23.2 Å². The fourth-order valence-electron chi connectivity index (χ4n) is 2.15. The Bertz CT molecular complexity index is 531. The van der Waals surface area contributed by atoms with Crippen molar-refractivity contribution in [3.63, 3.8) is 0 Å². The van der Waals surface area contributed by atoms with Gasteiger partial charge in [0, 0.05) is 24.4 Å². The maximum absolute atomic E-state index is 11.2. The molecule has 19 heavy (non-hydrogen) atoms. The van der Waals surface area contributed by atoms with Crippen LogP contribution in [0, 0.1) is 13.8 Å². The lowest BCUT2D eigenvalue weighted by molar-refractivity contribution is 0.0535. The SMILES string of the molecule is Cc1cc(C(C)(O)CNC(C)CS(C)(=O)=O)c(C)o1. The monoisotopic (exact) mass is 289 g/mol. The fourth-order valence-corrected chi connectivity index (χ4v) is 3.17. The minimum absolute atomic E-state index is 0.0481. The number of rotatable bonds is 6. The van der Waals surface area contributed by atoms with E-state index >= 15 is 0 Å². The Morgan fingerprint density at radius 3 is 2.47 bits per heavy atom. The van der Waals surface area contributed by atoms with Gasteiger partial charge >= 0.3 is 0 Å². The molecule has 0 saturated heterocycles. The van der Waals surface area contributed by atoms with Gasteiger partial charge < -0.3 is 14.8 Å². The van der Waals surface area contributed by atoms with Gasteiger partial charge in [0.1, 0.15) is 27.0 Å². The van der Waals surface area contributed by atoms with Gasteiger partial charge in [0.15, 0.2) is 0 Å². The maximum atomic E-state index is 11.2. The van der Waals surface area contributed by atoms with Crippen molar-refractivity contribution in [3.8, 4) is 0 Å². The van der Waals surface area contributed by atoms with E-state index in [4.69, 9.17) is 4.42 Å². The van der Waals surface area contributed by atoms with E-state index in [9.17, 15) is 13.5 Å². The summed E-state index contributed by atoms with van der Waals surface area (Å²) in [5.41, 5.74) is -0.364. The van der Waals surface area contributed by atoms with Gasteiger partial charge in [0.25, 0.3) is 0 Å². The zero-order valence-electron chi connectivity index (χ0n) is 12.1. The van der Waals surface area contributed by atoms with E-state index < -0.39 is 15.4 Å². The molecule has 1 aromatic heterocycles. The molecule has 5 nitrogen and oxygen atoms in total. The van der Waals surface area contributed by atoms with Crippen LogP contribution in [0.4, 0.5) is 0 Å². The summed E-state index contributed by atoms with van der Waals surface area (Å²) in [6.07, 6.45) is 1.20. The Balaban J connectivity index is 2.68. The molecule has 2 N–H and O–H groups in total. The lowest BCUT2D eigenvalue weighted by Crippen LogP contribution is -2.42. The predicted octanol–water partition coefficient (Wildman–Crippen LogP) is 1.13. The highest BCUT2D eigenvalue weighted by atomic mass is 32.2. The number of furan rings is 1. The van der Waals surface area contributed by atoms with Crippen LogP contribution in [-0.2, 0) is 15.4 Å². The van der Waals surface area contributed by atoms with Crippen molar-refractivity contribution in [2.24, 2.45) is 0 Å². The molecule has 1 rings (SSSR count). The molecule has 1 heterocycles. The summed E-state index contributed by atoms with van der Waals surface area (Å²) in [6, 6.07) is 1.59. The second kappa shape index (κ2) is 5.64. The number of aliphatic hydroxyl groups is 1. The number of hydrogen-bond acceptors (Lipinski definition) is 5. The summed E-state index contributed by atoms with van der Waals surface area (Å²) in [7, 11) is -3.02. The normalized spacial score (nSPS) is 17.2. The minimum atomic E-state index is -3.02. The van der Waals surface area contributed by atoms with Gasteiger partial charge in [-0.2, -0.15) is 0 Å². The first-order chi connectivity index (χ1) is 8.51. The molecule has 0 aliphatic carbocycles. The molecule has 0 bridgehead atoms. The molecule has 2 unspecified atom stereocenters. The fraction of sp³-hybridized carbons (Fsp3) is 0.692. The average molecular weight is 289 g/mol. The molecule has 110 valence electrons. The van der Waals surface area contributed by atoms with Crippen LogP contribution in [0.5, 0.6) is 0 Å². The van der Waals surface area contributed by atoms with Crippen molar-refractivity contribution in [1.29, 1.82) is 0 Å². The van der Waals surface area contributed by atoms with Gasteiger partial charge in [-0.25, -0.2) is 8.42 Å². The van der Waals surface area contributed by atoms with Crippen LogP contribution in [0.1, 0.15) is 30.9 Å². The summed E-state index contributed by atoms with van der Waals surface area (Å²) in [5.74, 6) is 1.48. The standard InChI is InChI=1S/C13H23NO4S/c1-9(7-19(5,16)17)14-8-13(4,15)12-6-10(2)18-11(12)3/h6,9,14-15H,7-8H2,1-5H3. The third-order valence-electron chi connectivity index (χ3n) is 2.97. The van der Waals surface area contributed by atoms with Crippen LogP contribution < -0.4 is 5.32 Å². The molecule has 0 aromatic carbocycles. The number of nitrogens with one attached hydrogen (secondary N) is 1. The zero-order valence-corrected chi connectivity index (χ0v) is 13.0. The van der Waals surface area contributed by atoms with Crippen LogP contribution in [0.3, 0.4) is 0 Å². The molecule has 0 amide bonds. The molecule has 1 aromatic rings. The highest BCUT2D eigenvalue weighted by Crippen LogP contribution is 2.26. The first kappa shape index (κ1) is 16.2. The van der Waals surface area contributed by atoms with E-state index in [2.05, 4.69) is 5.32 Å². The third kappa shape index (κ3) is 4.97. The summed E-state index contributed by atoms with van der Waals surface area (Å²) in [5, 5.41) is 13.5. The summed E-state index contributed by atoms with van der Waals surface area (Å²) in [4.78, 5) is 0. The highest BCUT2D eigenvalue weighted by molar-refractivity contribution is 7.90. The van der Waals surface area contributed by atoms with E-state index in [-0.39, 0.29) is 18.3 Å². The first-order valence-electron chi connectivity index (χ1n) is 6.22. The Labute approximate surface area is 114 Å². The topological polar surface area (TPSA) is 79.5 Å². The summed E-state index contributed by atoms with van der Waals surface area (Å²) >= 11 is 0. The molecule has 0 aliphatic rings. The second-order valence-electron chi connectivity index (χ2n) is 5.48. The van der Waals surface area contributed by atoms with E-state index in [1.54, 1.807) is 26.8 Å². The number of aryl methyl sites for hydroxylation is 2. The molecular weight excluding hydrogens is 266 g/mol. The van der Waals surface area contributed by atoms with Gasteiger partial charge in [0.05, 0.1) is 5.75 Å². The lowest BCUT2D eigenvalue weighted by Gasteiger charge is -2.25. The second-order valence-corrected chi connectivity index (χ2v) is 7.66. The molecular formula is C13H23NO4S. The molecule has 0 aliphatic heterocycles. The smallest absolute Gasteiger partial charge is 0.148 e. The molecule has 6 heteroatoms. The van der Waals surface area contributed by atoms with Gasteiger partial charge in [-0.05, 0) is 33.8 Å². The minimum Gasteiger partial charge on any atom is -0.466 e. The van der Waals surface area contributed by atoms with E-state index in [0.717, 1.165) is 11.3 Å². The van der Waals surface area contributed by atoms with Crippen LogP contribution in [0.2, 0.25) is 0 Å². The Hall–Kier alpha value is -0.850. The van der Waals surface area contributed by atoms with Crippen molar-refractivity contribution < 1.29 is 17.9 Å². The predicted molar refractivity (Wildman–Crippen MR) is 74.9 cm³/mol. The maximum Gasteiger partial charge on any atom is 0.148 e. The van der Waals surface area contributed by atoms with E-state index in [0.29, 0.717) is 5.76 Å². The highest BCUT2D eigenvalue weighted by Gasteiger charge is 2.28. The van der Waals surface area contributed by atoms with E-state index in [1.165, 1.54) is 6.26 Å². The van der Waals surface area contributed by atoms with Crippen molar-refractivity contribution in [1.82, 2.24) is 5.32 Å². The van der Waals surface area contributed by atoms with Crippen LogP contribution in [0.15, 0.2) is 10.5 Å². The molecule has 2 atom stereocenters. The zero-order chi connectivity index (χ0) is 14.8. The van der Waals surface area contributed by atoms with Gasteiger partial charge in [-0.3, -0.25) is 0 Å². The van der Waals surface area contributed by atoms with Gasteiger partial charge in [0.2, 0.25) is 0 Å². The van der Waals surface area contributed by atoms with Crippen molar-refractivity contribution in [2.45, 2.75) is 39.3 Å². The van der Waals surface area contributed by atoms with Crippen molar-refractivity contribution in [2.75, 3.05) is 18.6 Å². The quantitative estimate of drug-likeness (QED) is 0.820. The number of hydrogen-bond donors (Lipinski definition) is 2. The van der Waals surface area contributed by atoms with E-state index in [1.807, 2.05) is 6.92 Å².